The SMILES string of the molecule is COc1ccc(CCNC(=O)c2cccc(CN3C(=O)C[C@H](c4ccccc4)NC3=O)c2)cc1. The Morgan fingerprint density at radius 3 is 2.47 bits per heavy atom. The van der Waals surface area contributed by atoms with Crippen molar-refractivity contribution >= 4 is 17.8 Å². The number of nitrogens with zero attached hydrogens (tertiary/aromatic N) is 1. The van der Waals surface area contributed by atoms with Crippen molar-refractivity contribution in [3.05, 3.63) is 101 Å². The zero-order chi connectivity index (χ0) is 23.9. The minimum atomic E-state index is -0.431. The van der Waals surface area contributed by atoms with Crippen LogP contribution in [0.2, 0.25) is 0 Å². The lowest BCUT2D eigenvalue weighted by Crippen LogP contribution is -2.50. The molecule has 1 aliphatic rings. The molecule has 0 spiro atoms. The third-order valence-electron chi connectivity index (χ3n) is 5.81. The lowest BCUT2D eigenvalue weighted by molar-refractivity contribution is -0.130. The number of nitrogens with one attached hydrogen (secondary N) is 2. The molecule has 3 aromatic carbocycles. The van der Waals surface area contributed by atoms with Gasteiger partial charge in [-0.3, -0.25) is 14.5 Å². The number of benzene rings is 3. The molecule has 1 fully saturated rings. The minimum absolute atomic E-state index is 0.110. The molecule has 1 heterocycles. The average Bonchev–Trinajstić information content (AvgIpc) is 2.87. The van der Waals surface area contributed by atoms with E-state index in [9.17, 15) is 14.4 Å². The zero-order valence-corrected chi connectivity index (χ0v) is 19.0. The van der Waals surface area contributed by atoms with Gasteiger partial charge in [-0.1, -0.05) is 54.6 Å². The monoisotopic (exact) mass is 457 g/mol. The Bertz CT molecular complexity index is 1140. The van der Waals surface area contributed by atoms with E-state index in [1.807, 2.05) is 54.6 Å². The predicted molar refractivity (Wildman–Crippen MR) is 128 cm³/mol. The fourth-order valence-electron chi connectivity index (χ4n) is 3.93. The Kier molecular flexibility index (Phi) is 7.22. The van der Waals surface area contributed by atoms with Crippen LogP contribution in [0.15, 0.2) is 78.9 Å². The Morgan fingerprint density at radius 2 is 1.76 bits per heavy atom. The van der Waals surface area contributed by atoms with E-state index >= 15 is 0 Å². The second kappa shape index (κ2) is 10.7. The average molecular weight is 458 g/mol. The van der Waals surface area contributed by atoms with Crippen LogP contribution in [0.5, 0.6) is 5.75 Å². The molecule has 4 rings (SSSR count). The van der Waals surface area contributed by atoms with Gasteiger partial charge in [-0.05, 0) is 47.4 Å². The molecule has 7 nitrogen and oxygen atoms in total. The Hall–Kier alpha value is -4.13. The highest BCUT2D eigenvalue weighted by atomic mass is 16.5. The summed E-state index contributed by atoms with van der Waals surface area (Å²) >= 11 is 0. The number of rotatable bonds is 8. The maximum Gasteiger partial charge on any atom is 0.324 e. The normalized spacial score (nSPS) is 15.6. The molecule has 1 saturated heterocycles. The quantitative estimate of drug-likeness (QED) is 0.538. The molecule has 0 aliphatic carbocycles. The summed E-state index contributed by atoms with van der Waals surface area (Å²) in [6.45, 7) is 0.600. The summed E-state index contributed by atoms with van der Waals surface area (Å²) in [7, 11) is 1.62. The van der Waals surface area contributed by atoms with E-state index in [0.29, 0.717) is 24.1 Å². The standard InChI is InChI=1S/C27H27N3O4/c1-34-23-12-10-19(11-13-23)14-15-28-26(32)22-9-5-6-20(16-22)18-30-25(31)17-24(29-27(30)33)21-7-3-2-4-8-21/h2-13,16,24H,14-15,17-18H2,1H3,(H,28,32)(H,29,33)/t24-/m1/s1. The first-order chi connectivity index (χ1) is 16.5. The van der Waals surface area contributed by atoms with Gasteiger partial charge in [-0.15, -0.1) is 0 Å². The summed E-state index contributed by atoms with van der Waals surface area (Å²) in [5, 5.41) is 5.82. The molecule has 1 aliphatic heterocycles. The van der Waals surface area contributed by atoms with Crippen molar-refractivity contribution in [3.63, 3.8) is 0 Å². The smallest absolute Gasteiger partial charge is 0.324 e. The van der Waals surface area contributed by atoms with E-state index in [1.54, 1.807) is 31.4 Å². The van der Waals surface area contributed by atoms with Crippen molar-refractivity contribution < 1.29 is 19.1 Å². The van der Waals surface area contributed by atoms with Crippen molar-refractivity contribution in [3.8, 4) is 5.75 Å². The van der Waals surface area contributed by atoms with Gasteiger partial charge in [0.15, 0.2) is 0 Å². The second-order valence-corrected chi connectivity index (χ2v) is 8.15. The number of ether oxygens (including phenoxy) is 1. The highest BCUT2D eigenvalue weighted by molar-refractivity contribution is 5.97. The number of hydrogen-bond acceptors (Lipinski definition) is 4. The van der Waals surface area contributed by atoms with E-state index in [2.05, 4.69) is 10.6 Å². The summed E-state index contributed by atoms with van der Waals surface area (Å²) in [6, 6.07) is 23.4. The van der Waals surface area contributed by atoms with Gasteiger partial charge < -0.3 is 15.4 Å². The number of amides is 4. The van der Waals surface area contributed by atoms with E-state index in [0.717, 1.165) is 16.9 Å². The number of methoxy groups -OCH3 is 1. The highest BCUT2D eigenvalue weighted by Gasteiger charge is 2.32. The van der Waals surface area contributed by atoms with E-state index in [-0.39, 0.29) is 30.8 Å². The predicted octanol–water partition coefficient (Wildman–Crippen LogP) is 3.85. The first kappa shape index (κ1) is 23.0. The molecule has 174 valence electrons. The van der Waals surface area contributed by atoms with Gasteiger partial charge in [-0.25, -0.2) is 4.79 Å². The summed E-state index contributed by atoms with van der Waals surface area (Å²) in [5.74, 6) is 0.349. The largest absolute Gasteiger partial charge is 0.497 e. The number of carbonyl (C=O) groups is 3. The Labute approximate surface area is 198 Å². The fourth-order valence-corrected chi connectivity index (χ4v) is 3.93. The molecule has 0 radical (unpaired) electrons. The van der Waals surface area contributed by atoms with Gasteiger partial charge in [0, 0.05) is 12.1 Å². The van der Waals surface area contributed by atoms with Crippen LogP contribution in [0, 0.1) is 0 Å². The highest BCUT2D eigenvalue weighted by Crippen LogP contribution is 2.23. The first-order valence-electron chi connectivity index (χ1n) is 11.2. The number of hydrogen-bond donors (Lipinski definition) is 2. The Morgan fingerprint density at radius 1 is 1.00 bits per heavy atom. The van der Waals surface area contributed by atoms with Crippen molar-refractivity contribution in [2.75, 3.05) is 13.7 Å². The summed E-state index contributed by atoms with van der Waals surface area (Å²) in [4.78, 5) is 39.2. The van der Waals surface area contributed by atoms with Crippen LogP contribution >= 0.6 is 0 Å². The lowest BCUT2D eigenvalue weighted by Gasteiger charge is -2.31. The van der Waals surface area contributed by atoms with Gasteiger partial charge in [0.2, 0.25) is 5.91 Å². The third kappa shape index (κ3) is 5.61. The van der Waals surface area contributed by atoms with E-state index in [1.165, 1.54) is 4.90 Å². The summed E-state index contributed by atoms with van der Waals surface area (Å²) < 4.78 is 5.15. The topological polar surface area (TPSA) is 87.7 Å². The Balaban J connectivity index is 1.33. The molecule has 7 heteroatoms. The fraction of sp³-hybridized carbons (Fsp3) is 0.222. The molecule has 0 saturated carbocycles. The molecule has 0 aromatic heterocycles. The lowest BCUT2D eigenvalue weighted by atomic mass is 10.0. The van der Waals surface area contributed by atoms with Gasteiger partial charge in [0.1, 0.15) is 5.75 Å². The molecule has 1 atom stereocenters. The van der Waals surface area contributed by atoms with Crippen LogP contribution in [-0.2, 0) is 17.8 Å². The van der Waals surface area contributed by atoms with Gasteiger partial charge in [0.05, 0.1) is 26.1 Å². The van der Waals surface area contributed by atoms with Gasteiger partial charge in [-0.2, -0.15) is 0 Å². The molecular weight excluding hydrogens is 430 g/mol. The summed E-state index contributed by atoms with van der Waals surface area (Å²) in [6.07, 6.45) is 0.891. The van der Waals surface area contributed by atoms with Crippen LogP contribution in [0.25, 0.3) is 0 Å². The maximum absolute atomic E-state index is 12.7. The van der Waals surface area contributed by atoms with Gasteiger partial charge in [0.25, 0.3) is 5.91 Å². The number of urea groups is 1. The minimum Gasteiger partial charge on any atom is -0.497 e. The maximum atomic E-state index is 12.7. The molecular formula is C27H27N3O4. The van der Waals surface area contributed by atoms with Crippen molar-refractivity contribution in [1.29, 1.82) is 0 Å². The van der Waals surface area contributed by atoms with Crippen LogP contribution in [-0.4, -0.2) is 36.4 Å². The molecule has 0 bridgehead atoms. The first-order valence-corrected chi connectivity index (χ1v) is 11.2. The van der Waals surface area contributed by atoms with Crippen LogP contribution in [0.3, 0.4) is 0 Å². The number of carbonyl (C=O) groups excluding carboxylic acids is 3. The van der Waals surface area contributed by atoms with Crippen molar-refractivity contribution in [2.24, 2.45) is 0 Å². The molecule has 4 amide bonds. The van der Waals surface area contributed by atoms with Gasteiger partial charge >= 0.3 is 6.03 Å². The van der Waals surface area contributed by atoms with E-state index < -0.39 is 6.03 Å². The molecule has 3 aromatic rings. The van der Waals surface area contributed by atoms with Crippen LogP contribution < -0.4 is 15.4 Å². The zero-order valence-electron chi connectivity index (χ0n) is 19.0. The molecule has 2 N–H and O–H groups in total. The third-order valence-corrected chi connectivity index (χ3v) is 5.81. The number of imide groups is 1. The van der Waals surface area contributed by atoms with Crippen molar-refractivity contribution in [2.45, 2.75) is 25.4 Å². The van der Waals surface area contributed by atoms with E-state index in [4.69, 9.17) is 4.74 Å². The molecule has 0 unspecified atom stereocenters. The summed E-state index contributed by atoms with van der Waals surface area (Å²) in [5.41, 5.74) is 3.19. The van der Waals surface area contributed by atoms with Crippen molar-refractivity contribution in [1.82, 2.24) is 15.5 Å². The van der Waals surface area contributed by atoms with Crippen LogP contribution in [0.1, 0.15) is 39.5 Å². The molecule has 34 heavy (non-hydrogen) atoms. The van der Waals surface area contributed by atoms with Crippen LogP contribution in [0.4, 0.5) is 4.79 Å². The second-order valence-electron chi connectivity index (χ2n) is 8.15.